The van der Waals surface area contributed by atoms with E-state index >= 15 is 0 Å². The molecule has 0 atom stereocenters. The van der Waals surface area contributed by atoms with Gasteiger partial charge < -0.3 is 4.90 Å². The monoisotopic (exact) mass is 297 g/mol. The zero-order valence-electron chi connectivity index (χ0n) is 10.9. The van der Waals surface area contributed by atoms with Gasteiger partial charge in [-0.05, 0) is 41.8 Å². The predicted octanol–water partition coefficient (Wildman–Crippen LogP) is 3.20. The standard InChI is InChI=1S/C14H11F4N3/c15-11-2-1-9-5-6-21(8-10(9)7-11)13-4-3-12(19-20-13)14(16,17)18/h1-4,7H,5-6,8H2. The summed E-state index contributed by atoms with van der Waals surface area (Å²) in [7, 11) is 0. The molecule has 21 heavy (non-hydrogen) atoms. The van der Waals surface area contributed by atoms with Crippen molar-refractivity contribution in [3.8, 4) is 0 Å². The van der Waals surface area contributed by atoms with Gasteiger partial charge in [-0.1, -0.05) is 6.07 Å². The number of fused-ring (bicyclic) bond motifs is 1. The van der Waals surface area contributed by atoms with E-state index < -0.39 is 11.9 Å². The fourth-order valence-corrected chi connectivity index (χ4v) is 2.37. The molecular weight excluding hydrogens is 286 g/mol. The Labute approximate surface area is 118 Å². The van der Waals surface area contributed by atoms with Gasteiger partial charge in [0.15, 0.2) is 11.5 Å². The van der Waals surface area contributed by atoms with Crippen LogP contribution < -0.4 is 4.90 Å². The van der Waals surface area contributed by atoms with Gasteiger partial charge in [0.05, 0.1) is 0 Å². The largest absolute Gasteiger partial charge is 0.435 e. The maximum absolute atomic E-state index is 13.2. The van der Waals surface area contributed by atoms with Gasteiger partial charge in [-0.25, -0.2) is 4.39 Å². The average molecular weight is 297 g/mol. The molecular formula is C14H11F4N3. The molecule has 2 aromatic rings. The van der Waals surface area contributed by atoms with Gasteiger partial charge >= 0.3 is 6.18 Å². The van der Waals surface area contributed by atoms with Crippen LogP contribution in [-0.2, 0) is 19.1 Å². The van der Waals surface area contributed by atoms with Crippen molar-refractivity contribution >= 4 is 5.82 Å². The van der Waals surface area contributed by atoms with Crippen LogP contribution in [0.5, 0.6) is 0 Å². The van der Waals surface area contributed by atoms with Crippen LogP contribution in [0.25, 0.3) is 0 Å². The number of hydrogen-bond donors (Lipinski definition) is 0. The number of nitrogens with zero attached hydrogens (tertiary/aromatic N) is 3. The molecule has 1 aromatic heterocycles. The first-order valence-corrected chi connectivity index (χ1v) is 6.37. The van der Waals surface area contributed by atoms with E-state index in [1.807, 2.05) is 0 Å². The molecule has 0 fully saturated rings. The molecule has 0 saturated carbocycles. The molecule has 0 radical (unpaired) electrons. The molecule has 1 aliphatic heterocycles. The predicted molar refractivity (Wildman–Crippen MR) is 68.2 cm³/mol. The fourth-order valence-electron chi connectivity index (χ4n) is 2.37. The van der Waals surface area contributed by atoms with E-state index in [2.05, 4.69) is 10.2 Å². The zero-order valence-corrected chi connectivity index (χ0v) is 10.9. The Morgan fingerprint density at radius 3 is 2.48 bits per heavy atom. The third-order valence-corrected chi connectivity index (χ3v) is 3.45. The molecule has 0 N–H and O–H groups in total. The lowest BCUT2D eigenvalue weighted by Crippen LogP contribution is -2.31. The lowest BCUT2D eigenvalue weighted by molar-refractivity contribution is -0.141. The Kier molecular flexibility index (Phi) is 3.27. The molecule has 1 aliphatic rings. The summed E-state index contributed by atoms with van der Waals surface area (Å²) in [6.07, 6.45) is -3.80. The maximum Gasteiger partial charge on any atom is 0.435 e. The molecule has 7 heteroatoms. The van der Waals surface area contributed by atoms with Crippen LogP contribution >= 0.6 is 0 Å². The topological polar surface area (TPSA) is 29.0 Å². The van der Waals surface area contributed by atoms with Gasteiger partial charge in [0, 0.05) is 13.1 Å². The maximum atomic E-state index is 13.2. The molecule has 0 amide bonds. The molecule has 3 rings (SSSR count). The SMILES string of the molecule is Fc1ccc2c(c1)CN(c1ccc(C(F)(F)F)nn1)CC2. The number of rotatable bonds is 1. The van der Waals surface area contributed by atoms with Crippen molar-refractivity contribution in [2.45, 2.75) is 19.1 Å². The number of aromatic nitrogens is 2. The molecule has 110 valence electrons. The number of alkyl halides is 3. The minimum absolute atomic E-state index is 0.325. The highest BCUT2D eigenvalue weighted by Crippen LogP contribution is 2.28. The van der Waals surface area contributed by atoms with E-state index in [-0.39, 0.29) is 5.82 Å². The van der Waals surface area contributed by atoms with E-state index in [1.54, 1.807) is 11.0 Å². The number of halogens is 4. The summed E-state index contributed by atoms with van der Waals surface area (Å²) in [5.41, 5.74) is 0.852. The summed E-state index contributed by atoms with van der Waals surface area (Å²) in [5.74, 6) is 0.0343. The highest BCUT2D eigenvalue weighted by atomic mass is 19.4. The van der Waals surface area contributed by atoms with Crippen LogP contribution in [-0.4, -0.2) is 16.7 Å². The van der Waals surface area contributed by atoms with Crippen molar-refractivity contribution in [1.29, 1.82) is 0 Å². The molecule has 0 unspecified atom stereocenters. The molecule has 0 aliphatic carbocycles. The van der Waals surface area contributed by atoms with Gasteiger partial charge in [0.1, 0.15) is 5.82 Å². The van der Waals surface area contributed by atoms with Crippen molar-refractivity contribution in [1.82, 2.24) is 10.2 Å². The Balaban J connectivity index is 1.83. The van der Waals surface area contributed by atoms with Gasteiger partial charge in [-0.3, -0.25) is 0 Å². The Hall–Kier alpha value is -2.18. The van der Waals surface area contributed by atoms with Crippen LogP contribution in [0.15, 0.2) is 30.3 Å². The van der Waals surface area contributed by atoms with Crippen molar-refractivity contribution in [2.24, 2.45) is 0 Å². The number of hydrogen-bond acceptors (Lipinski definition) is 3. The normalized spacial score (nSPS) is 15.0. The lowest BCUT2D eigenvalue weighted by atomic mass is 10.00. The number of benzene rings is 1. The summed E-state index contributed by atoms with van der Waals surface area (Å²) < 4.78 is 50.6. The van der Waals surface area contributed by atoms with Gasteiger partial charge in [-0.15, -0.1) is 10.2 Å². The van der Waals surface area contributed by atoms with Crippen LogP contribution in [0.2, 0.25) is 0 Å². The molecule has 0 spiro atoms. The second-order valence-electron chi connectivity index (χ2n) is 4.86. The summed E-state index contributed by atoms with van der Waals surface area (Å²) in [5, 5.41) is 6.83. The Morgan fingerprint density at radius 2 is 1.81 bits per heavy atom. The van der Waals surface area contributed by atoms with Gasteiger partial charge in [0.25, 0.3) is 0 Å². The second kappa shape index (κ2) is 4.98. The minimum Gasteiger partial charge on any atom is -0.350 e. The zero-order chi connectivity index (χ0) is 15.0. The van der Waals surface area contributed by atoms with Gasteiger partial charge in [-0.2, -0.15) is 13.2 Å². The van der Waals surface area contributed by atoms with E-state index in [0.29, 0.717) is 25.3 Å². The first-order chi connectivity index (χ1) is 9.93. The summed E-state index contributed by atoms with van der Waals surface area (Å²) in [4.78, 5) is 1.79. The van der Waals surface area contributed by atoms with Crippen molar-refractivity contribution < 1.29 is 17.6 Å². The van der Waals surface area contributed by atoms with E-state index in [0.717, 1.165) is 17.2 Å². The van der Waals surface area contributed by atoms with Crippen molar-refractivity contribution in [3.05, 3.63) is 53.0 Å². The molecule has 2 heterocycles. The van der Waals surface area contributed by atoms with E-state index in [4.69, 9.17) is 0 Å². The van der Waals surface area contributed by atoms with Crippen LogP contribution in [0.3, 0.4) is 0 Å². The molecule has 0 bridgehead atoms. The minimum atomic E-state index is -4.50. The second-order valence-corrected chi connectivity index (χ2v) is 4.86. The quantitative estimate of drug-likeness (QED) is 0.757. The first-order valence-electron chi connectivity index (χ1n) is 6.37. The van der Waals surface area contributed by atoms with Gasteiger partial charge in [0.2, 0.25) is 0 Å². The fraction of sp³-hybridized carbons (Fsp3) is 0.286. The van der Waals surface area contributed by atoms with Crippen molar-refractivity contribution in [3.63, 3.8) is 0 Å². The molecule has 3 nitrogen and oxygen atoms in total. The summed E-state index contributed by atoms with van der Waals surface area (Å²) in [6, 6.07) is 6.79. The van der Waals surface area contributed by atoms with Crippen LogP contribution in [0.1, 0.15) is 16.8 Å². The highest BCUT2D eigenvalue weighted by molar-refractivity contribution is 5.43. The number of anilines is 1. The summed E-state index contributed by atoms with van der Waals surface area (Å²) in [6.45, 7) is 1.02. The highest BCUT2D eigenvalue weighted by Gasteiger charge is 2.33. The Bertz CT molecular complexity index is 652. The third kappa shape index (κ3) is 2.81. The van der Waals surface area contributed by atoms with Crippen LogP contribution in [0, 0.1) is 5.82 Å². The average Bonchev–Trinajstić information content (AvgIpc) is 2.45. The molecule has 1 aromatic carbocycles. The Morgan fingerprint density at radius 1 is 1.00 bits per heavy atom. The summed E-state index contributed by atoms with van der Waals surface area (Å²) >= 11 is 0. The third-order valence-electron chi connectivity index (χ3n) is 3.45. The van der Waals surface area contributed by atoms with Crippen molar-refractivity contribution in [2.75, 3.05) is 11.4 Å². The lowest BCUT2D eigenvalue weighted by Gasteiger charge is -2.29. The van der Waals surface area contributed by atoms with E-state index in [9.17, 15) is 17.6 Å². The smallest absolute Gasteiger partial charge is 0.350 e. The van der Waals surface area contributed by atoms with Crippen LogP contribution in [0.4, 0.5) is 23.4 Å². The molecule has 0 saturated heterocycles. The first kappa shape index (κ1) is 13.8. The van der Waals surface area contributed by atoms with E-state index in [1.165, 1.54) is 18.2 Å².